The summed E-state index contributed by atoms with van der Waals surface area (Å²) in [5, 5.41) is 3.12. The van der Waals surface area contributed by atoms with E-state index in [1.807, 2.05) is 13.0 Å². The van der Waals surface area contributed by atoms with Gasteiger partial charge in [0.05, 0.1) is 6.61 Å². The maximum absolute atomic E-state index is 13.0. The Labute approximate surface area is 90.4 Å². The maximum Gasteiger partial charge on any atom is 0.125 e. The highest BCUT2D eigenvalue weighted by atomic mass is 19.1. The second-order valence-corrected chi connectivity index (χ2v) is 3.56. The molecule has 0 unspecified atom stereocenters. The molecular formula is C12H18FNO. The van der Waals surface area contributed by atoms with Crippen molar-refractivity contribution in [2.24, 2.45) is 0 Å². The van der Waals surface area contributed by atoms with E-state index in [4.69, 9.17) is 4.74 Å². The summed E-state index contributed by atoms with van der Waals surface area (Å²) in [7, 11) is 0. The van der Waals surface area contributed by atoms with Crippen LogP contribution in [0, 0.1) is 12.7 Å². The third kappa shape index (κ3) is 4.79. The van der Waals surface area contributed by atoms with E-state index in [1.54, 1.807) is 0 Å². The van der Waals surface area contributed by atoms with E-state index in [1.165, 1.54) is 12.1 Å². The minimum atomic E-state index is -0.202. The highest BCUT2D eigenvalue weighted by molar-refractivity contribution is 5.45. The smallest absolute Gasteiger partial charge is 0.125 e. The third-order valence-corrected chi connectivity index (χ3v) is 1.97. The molecule has 3 heteroatoms. The largest absolute Gasteiger partial charge is 0.383 e. The van der Waals surface area contributed by atoms with E-state index < -0.39 is 0 Å². The summed E-state index contributed by atoms with van der Waals surface area (Å²) in [6.45, 7) is 6.10. The van der Waals surface area contributed by atoms with Gasteiger partial charge in [-0.1, -0.05) is 6.92 Å². The van der Waals surface area contributed by atoms with Crippen LogP contribution in [0.2, 0.25) is 0 Å². The van der Waals surface area contributed by atoms with Gasteiger partial charge >= 0.3 is 0 Å². The zero-order valence-corrected chi connectivity index (χ0v) is 9.35. The van der Waals surface area contributed by atoms with Gasteiger partial charge in [-0.05, 0) is 37.1 Å². The molecule has 0 saturated heterocycles. The van der Waals surface area contributed by atoms with Gasteiger partial charge in [0.25, 0.3) is 0 Å². The molecule has 0 aliphatic rings. The monoisotopic (exact) mass is 211 g/mol. The lowest BCUT2D eigenvalue weighted by Crippen LogP contribution is -2.09. The highest BCUT2D eigenvalue weighted by Crippen LogP contribution is 2.12. The second kappa shape index (κ2) is 6.40. The van der Waals surface area contributed by atoms with Gasteiger partial charge in [0.1, 0.15) is 5.82 Å². The molecule has 0 heterocycles. The first-order chi connectivity index (χ1) is 7.22. The Balaban J connectivity index is 2.31. The summed E-state index contributed by atoms with van der Waals surface area (Å²) >= 11 is 0. The molecule has 0 saturated carbocycles. The van der Waals surface area contributed by atoms with E-state index >= 15 is 0 Å². The van der Waals surface area contributed by atoms with Gasteiger partial charge in [-0.3, -0.25) is 0 Å². The summed E-state index contributed by atoms with van der Waals surface area (Å²) < 4.78 is 18.3. The standard InChI is InChI=1S/C12H18FNO/c1-3-5-15-6-4-14-12-8-10(2)7-11(13)9-12/h7-9,14H,3-6H2,1-2H3. The molecular weight excluding hydrogens is 193 g/mol. The van der Waals surface area contributed by atoms with Gasteiger partial charge in [-0.15, -0.1) is 0 Å². The minimum Gasteiger partial charge on any atom is -0.383 e. The molecule has 15 heavy (non-hydrogen) atoms. The van der Waals surface area contributed by atoms with Gasteiger partial charge in [0, 0.05) is 18.8 Å². The van der Waals surface area contributed by atoms with Crippen LogP contribution in [0.4, 0.5) is 10.1 Å². The number of benzene rings is 1. The van der Waals surface area contributed by atoms with Crippen LogP contribution in [-0.2, 0) is 4.74 Å². The van der Waals surface area contributed by atoms with Crippen LogP contribution >= 0.6 is 0 Å². The SMILES string of the molecule is CCCOCCNc1cc(C)cc(F)c1. The van der Waals surface area contributed by atoms with Gasteiger partial charge in [-0.25, -0.2) is 4.39 Å². The first-order valence-electron chi connectivity index (χ1n) is 5.31. The molecule has 0 atom stereocenters. The zero-order chi connectivity index (χ0) is 11.1. The van der Waals surface area contributed by atoms with E-state index in [0.717, 1.165) is 24.3 Å². The Bertz CT molecular complexity index is 281. The van der Waals surface area contributed by atoms with E-state index in [-0.39, 0.29) is 5.82 Å². The van der Waals surface area contributed by atoms with Crippen LogP contribution in [0.1, 0.15) is 18.9 Å². The van der Waals surface area contributed by atoms with Crippen molar-refractivity contribution >= 4 is 5.69 Å². The van der Waals surface area contributed by atoms with E-state index in [2.05, 4.69) is 12.2 Å². The molecule has 0 aliphatic heterocycles. The van der Waals surface area contributed by atoms with Crippen molar-refractivity contribution in [3.05, 3.63) is 29.6 Å². The fraction of sp³-hybridized carbons (Fsp3) is 0.500. The number of aryl methyl sites for hydroxylation is 1. The van der Waals surface area contributed by atoms with Crippen LogP contribution < -0.4 is 5.32 Å². The number of nitrogens with one attached hydrogen (secondary N) is 1. The fourth-order valence-electron chi connectivity index (χ4n) is 1.35. The van der Waals surface area contributed by atoms with Crippen molar-refractivity contribution < 1.29 is 9.13 Å². The van der Waals surface area contributed by atoms with Crippen LogP contribution in [0.25, 0.3) is 0 Å². The summed E-state index contributed by atoms with van der Waals surface area (Å²) in [5.74, 6) is -0.202. The summed E-state index contributed by atoms with van der Waals surface area (Å²) in [5.41, 5.74) is 1.74. The Morgan fingerprint density at radius 1 is 1.27 bits per heavy atom. The predicted molar refractivity (Wildman–Crippen MR) is 60.7 cm³/mol. The van der Waals surface area contributed by atoms with Gasteiger partial charge < -0.3 is 10.1 Å². The van der Waals surface area contributed by atoms with Crippen LogP contribution in [0.15, 0.2) is 18.2 Å². The number of hydrogen-bond donors (Lipinski definition) is 1. The van der Waals surface area contributed by atoms with Crippen LogP contribution in [0.5, 0.6) is 0 Å². The Morgan fingerprint density at radius 2 is 2.07 bits per heavy atom. The molecule has 0 spiro atoms. The lowest BCUT2D eigenvalue weighted by molar-refractivity contribution is 0.144. The Kier molecular flexibility index (Phi) is 5.12. The molecule has 0 aromatic heterocycles. The number of ether oxygens (including phenoxy) is 1. The molecule has 84 valence electrons. The van der Waals surface area contributed by atoms with Crippen molar-refractivity contribution in [2.75, 3.05) is 25.1 Å². The topological polar surface area (TPSA) is 21.3 Å². The lowest BCUT2D eigenvalue weighted by atomic mass is 10.2. The van der Waals surface area contributed by atoms with Crippen LogP contribution in [0.3, 0.4) is 0 Å². The molecule has 1 aromatic rings. The molecule has 0 radical (unpaired) electrons. The van der Waals surface area contributed by atoms with Gasteiger partial charge in [0.15, 0.2) is 0 Å². The number of halogens is 1. The molecule has 0 aliphatic carbocycles. The van der Waals surface area contributed by atoms with Crippen molar-refractivity contribution in [2.45, 2.75) is 20.3 Å². The zero-order valence-electron chi connectivity index (χ0n) is 9.35. The number of anilines is 1. The van der Waals surface area contributed by atoms with Crippen molar-refractivity contribution in [1.82, 2.24) is 0 Å². The summed E-state index contributed by atoms with van der Waals surface area (Å²) in [6, 6.07) is 4.93. The molecule has 2 nitrogen and oxygen atoms in total. The first kappa shape index (κ1) is 12.0. The number of rotatable bonds is 6. The molecule has 0 fully saturated rings. The second-order valence-electron chi connectivity index (χ2n) is 3.56. The Hall–Kier alpha value is -1.09. The summed E-state index contributed by atoms with van der Waals surface area (Å²) in [4.78, 5) is 0. The predicted octanol–water partition coefficient (Wildman–Crippen LogP) is 2.97. The van der Waals surface area contributed by atoms with Crippen molar-refractivity contribution in [3.8, 4) is 0 Å². The lowest BCUT2D eigenvalue weighted by Gasteiger charge is -2.07. The quantitative estimate of drug-likeness (QED) is 0.730. The van der Waals surface area contributed by atoms with Crippen molar-refractivity contribution in [3.63, 3.8) is 0 Å². The minimum absolute atomic E-state index is 0.202. The van der Waals surface area contributed by atoms with Crippen LogP contribution in [-0.4, -0.2) is 19.8 Å². The fourth-order valence-corrected chi connectivity index (χ4v) is 1.35. The molecule has 0 bridgehead atoms. The van der Waals surface area contributed by atoms with E-state index in [9.17, 15) is 4.39 Å². The molecule has 1 rings (SSSR count). The molecule has 1 aromatic carbocycles. The summed E-state index contributed by atoms with van der Waals surface area (Å²) in [6.07, 6.45) is 1.03. The highest BCUT2D eigenvalue weighted by Gasteiger charge is 1.96. The van der Waals surface area contributed by atoms with E-state index in [0.29, 0.717) is 13.2 Å². The molecule has 1 N–H and O–H groups in total. The molecule has 0 amide bonds. The Morgan fingerprint density at radius 3 is 2.73 bits per heavy atom. The van der Waals surface area contributed by atoms with Gasteiger partial charge in [0.2, 0.25) is 0 Å². The van der Waals surface area contributed by atoms with Gasteiger partial charge in [-0.2, -0.15) is 0 Å². The maximum atomic E-state index is 13.0. The first-order valence-corrected chi connectivity index (χ1v) is 5.31. The number of hydrogen-bond acceptors (Lipinski definition) is 2. The third-order valence-electron chi connectivity index (χ3n) is 1.97. The normalized spacial score (nSPS) is 10.3. The average Bonchev–Trinajstić information content (AvgIpc) is 2.16. The van der Waals surface area contributed by atoms with Crippen molar-refractivity contribution in [1.29, 1.82) is 0 Å². The average molecular weight is 211 g/mol.